The van der Waals surface area contributed by atoms with E-state index in [4.69, 9.17) is 14.5 Å². The largest absolute Gasteiger partial charge is 0.496 e. The van der Waals surface area contributed by atoms with Gasteiger partial charge in [-0.05, 0) is 23.3 Å². The number of anilines is 1. The molecule has 1 fully saturated rings. The number of ether oxygens (including phenoxy) is 2. The summed E-state index contributed by atoms with van der Waals surface area (Å²) in [6.45, 7) is 2.47. The van der Waals surface area contributed by atoms with Gasteiger partial charge in [-0.1, -0.05) is 66.7 Å². The van der Waals surface area contributed by atoms with Crippen molar-refractivity contribution in [2.24, 2.45) is 0 Å². The molecule has 5 rings (SSSR count). The number of nitrogens with zero attached hydrogens (tertiary/aromatic N) is 4. The maximum absolute atomic E-state index is 13.7. The predicted molar refractivity (Wildman–Crippen MR) is 143 cm³/mol. The first-order chi connectivity index (χ1) is 17.2. The van der Waals surface area contributed by atoms with E-state index < -0.39 is 0 Å². The number of halogens is 1. The Labute approximate surface area is 217 Å². The van der Waals surface area contributed by atoms with Crippen molar-refractivity contribution in [1.82, 2.24) is 14.9 Å². The van der Waals surface area contributed by atoms with Gasteiger partial charge in [-0.3, -0.25) is 4.79 Å². The van der Waals surface area contributed by atoms with E-state index in [1.54, 1.807) is 14.2 Å². The summed E-state index contributed by atoms with van der Waals surface area (Å²) in [4.78, 5) is 27.2. The standard InChI is InChI=1S/C28H28N4O3.ClH/c1-34-23-15-9-14-22-25(23)26(35-2)30-28(29-22)32-18-16-31(17-19-32)27(33)24(20-10-5-3-6-11-20)21-12-7-4-8-13-21;/h3-15,24H,16-19H2,1-2H3;1H. The van der Waals surface area contributed by atoms with Gasteiger partial charge in [-0.25, -0.2) is 4.98 Å². The van der Waals surface area contributed by atoms with Crippen LogP contribution in [0.1, 0.15) is 17.0 Å². The SMILES string of the molecule is COc1cccc2nc(N3CCN(C(=O)C(c4ccccc4)c4ccccc4)CC3)nc(OC)c12.Cl. The fourth-order valence-electron chi connectivity index (χ4n) is 4.64. The highest BCUT2D eigenvalue weighted by molar-refractivity contribution is 5.91. The summed E-state index contributed by atoms with van der Waals surface area (Å²) in [6.07, 6.45) is 0. The average molecular weight is 505 g/mol. The molecule has 0 atom stereocenters. The number of fused-ring (bicyclic) bond motifs is 1. The fraction of sp³-hybridized carbons (Fsp3) is 0.250. The number of piperazine rings is 1. The average Bonchev–Trinajstić information content (AvgIpc) is 2.93. The lowest BCUT2D eigenvalue weighted by molar-refractivity contribution is -0.132. The van der Waals surface area contributed by atoms with Crippen LogP contribution in [0.25, 0.3) is 10.9 Å². The maximum atomic E-state index is 13.7. The Kier molecular flexibility index (Phi) is 7.90. The van der Waals surface area contributed by atoms with Gasteiger partial charge in [0.25, 0.3) is 0 Å². The minimum Gasteiger partial charge on any atom is -0.496 e. The zero-order chi connectivity index (χ0) is 24.2. The second kappa shape index (κ2) is 11.3. The number of rotatable bonds is 6. The Morgan fingerprint density at radius 1 is 0.778 bits per heavy atom. The maximum Gasteiger partial charge on any atom is 0.234 e. The van der Waals surface area contributed by atoms with Gasteiger partial charge >= 0.3 is 0 Å². The van der Waals surface area contributed by atoms with Crippen molar-refractivity contribution in [2.45, 2.75) is 5.92 Å². The first-order valence-electron chi connectivity index (χ1n) is 11.7. The van der Waals surface area contributed by atoms with E-state index in [0.29, 0.717) is 43.8 Å². The molecule has 0 N–H and O–H groups in total. The molecule has 1 saturated heterocycles. The summed E-state index contributed by atoms with van der Waals surface area (Å²) in [6, 6.07) is 25.7. The van der Waals surface area contributed by atoms with Crippen LogP contribution in [0.15, 0.2) is 78.9 Å². The summed E-state index contributed by atoms with van der Waals surface area (Å²) in [5.41, 5.74) is 2.77. The molecular weight excluding hydrogens is 476 g/mol. The quantitative estimate of drug-likeness (QED) is 0.384. The van der Waals surface area contributed by atoms with Gasteiger partial charge in [0.15, 0.2) is 0 Å². The summed E-state index contributed by atoms with van der Waals surface area (Å²) >= 11 is 0. The molecule has 0 unspecified atom stereocenters. The van der Waals surface area contributed by atoms with Crippen LogP contribution >= 0.6 is 12.4 Å². The van der Waals surface area contributed by atoms with Crippen LogP contribution < -0.4 is 14.4 Å². The Balaban J connectivity index is 0.00000304. The van der Waals surface area contributed by atoms with Gasteiger partial charge < -0.3 is 19.3 Å². The van der Waals surface area contributed by atoms with E-state index in [1.807, 2.05) is 83.8 Å². The molecule has 1 amide bonds. The van der Waals surface area contributed by atoms with Crippen molar-refractivity contribution >= 4 is 35.2 Å². The van der Waals surface area contributed by atoms with Crippen LogP contribution in [0.2, 0.25) is 0 Å². The lowest BCUT2D eigenvalue weighted by Crippen LogP contribution is -2.50. The Bertz CT molecular complexity index is 1270. The monoisotopic (exact) mass is 504 g/mol. The van der Waals surface area contributed by atoms with Crippen LogP contribution in [0.5, 0.6) is 11.6 Å². The van der Waals surface area contributed by atoms with E-state index >= 15 is 0 Å². The lowest BCUT2D eigenvalue weighted by Gasteiger charge is -2.36. The lowest BCUT2D eigenvalue weighted by atomic mass is 9.90. The van der Waals surface area contributed by atoms with Crippen LogP contribution in [0.4, 0.5) is 5.95 Å². The Morgan fingerprint density at radius 3 is 1.94 bits per heavy atom. The van der Waals surface area contributed by atoms with Crippen molar-refractivity contribution in [3.05, 3.63) is 90.0 Å². The first kappa shape index (κ1) is 25.3. The molecule has 2 heterocycles. The second-order valence-electron chi connectivity index (χ2n) is 8.45. The first-order valence-corrected chi connectivity index (χ1v) is 11.7. The molecule has 4 aromatic rings. The molecule has 0 aliphatic carbocycles. The molecular formula is C28H29ClN4O3. The van der Waals surface area contributed by atoms with Gasteiger partial charge in [0, 0.05) is 26.2 Å². The Hall–Kier alpha value is -3.84. The summed E-state index contributed by atoms with van der Waals surface area (Å²) < 4.78 is 11.0. The normalized spacial score (nSPS) is 13.4. The summed E-state index contributed by atoms with van der Waals surface area (Å²) in [7, 11) is 3.22. The van der Waals surface area contributed by atoms with E-state index in [1.165, 1.54) is 0 Å². The number of hydrogen-bond donors (Lipinski definition) is 0. The third-order valence-electron chi connectivity index (χ3n) is 6.44. The number of carbonyl (C=O) groups excluding carboxylic acids is 1. The topological polar surface area (TPSA) is 67.8 Å². The molecule has 186 valence electrons. The third-order valence-corrected chi connectivity index (χ3v) is 6.44. The number of methoxy groups -OCH3 is 2. The van der Waals surface area contributed by atoms with Gasteiger partial charge in [0.05, 0.1) is 25.7 Å². The molecule has 1 aliphatic heterocycles. The van der Waals surface area contributed by atoms with E-state index in [9.17, 15) is 4.79 Å². The van der Waals surface area contributed by atoms with Crippen molar-refractivity contribution in [3.8, 4) is 11.6 Å². The van der Waals surface area contributed by atoms with Gasteiger partial charge in [0.1, 0.15) is 11.1 Å². The van der Waals surface area contributed by atoms with E-state index in [2.05, 4.69) is 9.88 Å². The number of carbonyl (C=O) groups is 1. The zero-order valence-electron chi connectivity index (χ0n) is 20.3. The minimum absolute atomic E-state index is 0. The fourth-order valence-corrected chi connectivity index (χ4v) is 4.64. The highest BCUT2D eigenvalue weighted by Crippen LogP contribution is 2.33. The minimum atomic E-state index is -0.326. The van der Waals surface area contributed by atoms with Crippen molar-refractivity contribution in [2.75, 3.05) is 45.3 Å². The van der Waals surface area contributed by atoms with Crippen LogP contribution in [0.3, 0.4) is 0 Å². The van der Waals surface area contributed by atoms with Gasteiger partial charge in [-0.15, -0.1) is 12.4 Å². The molecule has 36 heavy (non-hydrogen) atoms. The molecule has 0 bridgehead atoms. The number of amides is 1. The van der Waals surface area contributed by atoms with Crippen molar-refractivity contribution < 1.29 is 14.3 Å². The van der Waals surface area contributed by atoms with Gasteiger partial charge in [0.2, 0.25) is 17.7 Å². The van der Waals surface area contributed by atoms with E-state index in [-0.39, 0.29) is 24.2 Å². The molecule has 8 heteroatoms. The molecule has 0 radical (unpaired) electrons. The number of aromatic nitrogens is 2. The van der Waals surface area contributed by atoms with Crippen molar-refractivity contribution in [1.29, 1.82) is 0 Å². The molecule has 0 spiro atoms. The molecule has 3 aromatic carbocycles. The second-order valence-corrected chi connectivity index (χ2v) is 8.45. The predicted octanol–water partition coefficient (Wildman–Crippen LogP) is 4.55. The summed E-state index contributed by atoms with van der Waals surface area (Å²) in [5, 5.41) is 0.753. The molecule has 1 aromatic heterocycles. The smallest absolute Gasteiger partial charge is 0.234 e. The third kappa shape index (κ3) is 4.93. The molecule has 0 saturated carbocycles. The highest BCUT2D eigenvalue weighted by Gasteiger charge is 2.30. The van der Waals surface area contributed by atoms with E-state index in [0.717, 1.165) is 22.0 Å². The summed E-state index contributed by atoms with van der Waals surface area (Å²) in [5.74, 6) is 1.54. The zero-order valence-corrected chi connectivity index (χ0v) is 21.1. The highest BCUT2D eigenvalue weighted by atomic mass is 35.5. The molecule has 1 aliphatic rings. The van der Waals surface area contributed by atoms with Gasteiger partial charge in [-0.2, -0.15) is 4.98 Å². The number of benzene rings is 3. The van der Waals surface area contributed by atoms with Crippen LogP contribution in [-0.4, -0.2) is 61.2 Å². The molecule has 7 nitrogen and oxygen atoms in total. The number of hydrogen-bond acceptors (Lipinski definition) is 6. The Morgan fingerprint density at radius 2 is 1.39 bits per heavy atom. The van der Waals surface area contributed by atoms with Crippen molar-refractivity contribution in [3.63, 3.8) is 0 Å². The van der Waals surface area contributed by atoms with Crippen LogP contribution in [-0.2, 0) is 4.79 Å². The van der Waals surface area contributed by atoms with Crippen LogP contribution in [0, 0.1) is 0 Å².